The van der Waals surface area contributed by atoms with Crippen LogP contribution in [0.15, 0.2) is 109 Å². The zero-order valence-corrected chi connectivity index (χ0v) is 21.1. The van der Waals surface area contributed by atoms with Gasteiger partial charge in [0.25, 0.3) is 0 Å². The molecule has 5 aromatic rings. The number of hydrogen-bond acceptors (Lipinski definition) is 1. The third-order valence-electron chi connectivity index (χ3n) is 5.01. The Bertz CT molecular complexity index is 1210. The van der Waals surface area contributed by atoms with E-state index >= 15 is 0 Å². The van der Waals surface area contributed by atoms with Gasteiger partial charge in [-0.15, -0.1) is 48.0 Å². The van der Waals surface area contributed by atoms with E-state index in [9.17, 15) is 0 Å². The molecule has 0 bridgehead atoms. The minimum Gasteiger partial charge on any atom is -0.305 e. The Morgan fingerprint density at radius 2 is 1.06 bits per heavy atom. The Morgan fingerprint density at radius 1 is 0.545 bits per heavy atom. The van der Waals surface area contributed by atoms with Crippen LogP contribution in [-0.4, -0.2) is 4.98 Å². The molecular weight excluding hydrogens is 579 g/mol. The molecule has 0 aliphatic rings. The zero-order chi connectivity index (χ0) is 22.2. The van der Waals surface area contributed by atoms with Crippen molar-refractivity contribution in [2.75, 3.05) is 0 Å². The largest absolute Gasteiger partial charge is 3.00 e. The summed E-state index contributed by atoms with van der Waals surface area (Å²) in [5.74, 6) is 0. The number of nitrogens with zero attached hydrogens (tertiary/aromatic N) is 1. The molecule has 33 heavy (non-hydrogen) atoms. The first kappa shape index (κ1) is 24.3. The molecule has 0 unspecified atom stereocenters. The van der Waals surface area contributed by atoms with Crippen molar-refractivity contribution in [1.82, 2.24) is 4.98 Å². The molecule has 0 saturated heterocycles. The van der Waals surface area contributed by atoms with Gasteiger partial charge in [0.1, 0.15) is 0 Å². The molecule has 0 N–H and O–H groups in total. The van der Waals surface area contributed by atoms with Crippen molar-refractivity contribution in [1.29, 1.82) is 0 Å². The summed E-state index contributed by atoms with van der Waals surface area (Å²) in [5.41, 5.74) is 9.17. The third-order valence-corrected chi connectivity index (χ3v) is 5.01. The number of rotatable bonds is 3. The van der Waals surface area contributed by atoms with Gasteiger partial charge in [-0.2, -0.15) is 48.5 Å². The molecule has 0 aliphatic heterocycles. The molecule has 162 valence electrons. The van der Waals surface area contributed by atoms with Crippen LogP contribution >= 0.6 is 0 Å². The van der Waals surface area contributed by atoms with Crippen LogP contribution < -0.4 is 0 Å². The quantitative estimate of drug-likeness (QED) is 0.192. The van der Waals surface area contributed by atoms with Gasteiger partial charge in [-0.25, -0.2) is 11.1 Å². The topological polar surface area (TPSA) is 12.9 Å². The Balaban J connectivity index is 0.000000202. The SMILES string of the molecule is Cc1cc(C)cc(-c2ccnc(-c3[c-]cccc3)c2)c1.[Ir+3].[c-]1ccccc1-c1[c-]cccc1. The van der Waals surface area contributed by atoms with Gasteiger partial charge in [-0.1, -0.05) is 35.4 Å². The molecule has 0 saturated carbocycles. The summed E-state index contributed by atoms with van der Waals surface area (Å²) in [6.07, 6.45) is 1.86. The van der Waals surface area contributed by atoms with Crippen molar-refractivity contribution in [3.63, 3.8) is 0 Å². The average Bonchev–Trinajstić information content (AvgIpc) is 2.86. The van der Waals surface area contributed by atoms with E-state index < -0.39 is 0 Å². The van der Waals surface area contributed by atoms with Gasteiger partial charge in [-0.05, 0) is 36.7 Å². The van der Waals surface area contributed by atoms with Gasteiger partial charge in [-0.3, -0.25) is 0 Å². The van der Waals surface area contributed by atoms with Gasteiger partial charge in [0.2, 0.25) is 0 Å². The van der Waals surface area contributed by atoms with Crippen LogP contribution in [0.25, 0.3) is 33.5 Å². The molecule has 5 rings (SSSR count). The van der Waals surface area contributed by atoms with E-state index in [4.69, 9.17) is 0 Å². The molecule has 0 fully saturated rings. The minimum atomic E-state index is 0. The molecule has 1 nitrogen and oxygen atoms in total. The number of aryl methyl sites for hydroxylation is 2. The van der Waals surface area contributed by atoms with Gasteiger partial charge >= 0.3 is 20.1 Å². The van der Waals surface area contributed by atoms with E-state index in [0.717, 1.165) is 22.4 Å². The second-order valence-electron chi connectivity index (χ2n) is 7.63. The van der Waals surface area contributed by atoms with Gasteiger partial charge in [0, 0.05) is 6.20 Å². The summed E-state index contributed by atoms with van der Waals surface area (Å²) in [6.45, 7) is 4.26. The van der Waals surface area contributed by atoms with Crippen LogP contribution in [-0.2, 0) is 20.1 Å². The van der Waals surface area contributed by atoms with E-state index in [1.165, 1.54) is 22.3 Å². The first-order valence-corrected chi connectivity index (χ1v) is 10.6. The van der Waals surface area contributed by atoms with E-state index in [1.807, 2.05) is 79.0 Å². The number of benzene rings is 4. The average molecular weight is 603 g/mol. The summed E-state index contributed by atoms with van der Waals surface area (Å²) in [5, 5.41) is 0. The predicted molar refractivity (Wildman–Crippen MR) is 133 cm³/mol. The monoisotopic (exact) mass is 603 g/mol. The maximum atomic E-state index is 4.45. The van der Waals surface area contributed by atoms with E-state index in [-0.39, 0.29) is 20.1 Å². The summed E-state index contributed by atoms with van der Waals surface area (Å²) < 4.78 is 0. The maximum absolute atomic E-state index is 4.45. The van der Waals surface area contributed by atoms with Crippen molar-refractivity contribution < 1.29 is 20.1 Å². The second-order valence-corrected chi connectivity index (χ2v) is 7.63. The van der Waals surface area contributed by atoms with Crippen LogP contribution in [0.5, 0.6) is 0 Å². The maximum Gasteiger partial charge on any atom is 3.00 e. The Morgan fingerprint density at radius 3 is 1.55 bits per heavy atom. The Kier molecular flexibility index (Phi) is 8.89. The van der Waals surface area contributed by atoms with E-state index in [2.05, 4.69) is 67.4 Å². The van der Waals surface area contributed by atoms with E-state index in [0.29, 0.717) is 0 Å². The fraction of sp³-hybridized carbons (Fsp3) is 0.0645. The fourth-order valence-electron chi connectivity index (χ4n) is 3.57. The van der Waals surface area contributed by atoms with Crippen LogP contribution in [0.1, 0.15) is 11.1 Å². The first-order valence-electron chi connectivity index (χ1n) is 10.6. The normalized spacial score (nSPS) is 9.88. The standard InChI is InChI=1S/C19H16N.C12H8.Ir/c1-14-10-15(2)12-18(11-14)17-8-9-20-19(13-17)16-6-4-3-5-7-16;1-3-7-11(8-4-1)12-9-5-2-6-10-12;/h3-6,8-13H,1-2H3;1-7,9H;/q-1;-2;+3. The van der Waals surface area contributed by atoms with Gasteiger partial charge in [0.05, 0.1) is 0 Å². The molecule has 0 radical (unpaired) electrons. The van der Waals surface area contributed by atoms with Gasteiger partial charge in [0.15, 0.2) is 0 Å². The number of pyridine rings is 1. The van der Waals surface area contributed by atoms with Crippen molar-refractivity contribution in [3.8, 4) is 33.5 Å². The molecule has 1 heterocycles. The smallest absolute Gasteiger partial charge is 0.305 e. The molecule has 0 spiro atoms. The van der Waals surface area contributed by atoms with Crippen molar-refractivity contribution in [2.45, 2.75) is 13.8 Å². The van der Waals surface area contributed by atoms with Crippen LogP contribution in [0, 0.1) is 32.0 Å². The van der Waals surface area contributed by atoms with Crippen molar-refractivity contribution >= 4 is 0 Å². The molecule has 4 aromatic carbocycles. The summed E-state index contributed by atoms with van der Waals surface area (Å²) >= 11 is 0. The number of aromatic nitrogens is 1. The van der Waals surface area contributed by atoms with Crippen molar-refractivity contribution in [3.05, 3.63) is 139 Å². The summed E-state index contributed by atoms with van der Waals surface area (Å²) in [7, 11) is 0. The summed E-state index contributed by atoms with van der Waals surface area (Å²) in [6, 6.07) is 44.1. The molecule has 2 heteroatoms. The second kappa shape index (κ2) is 12.1. The van der Waals surface area contributed by atoms with Crippen LogP contribution in [0.4, 0.5) is 0 Å². The zero-order valence-electron chi connectivity index (χ0n) is 18.7. The van der Waals surface area contributed by atoms with E-state index in [1.54, 1.807) is 0 Å². The molecule has 1 aromatic heterocycles. The third kappa shape index (κ3) is 6.83. The molecule has 0 amide bonds. The van der Waals surface area contributed by atoms with Crippen molar-refractivity contribution in [2.24, 2.45) is 0 Å². The summed E-state index contributed by atoms with van der Waals surface area (Å²) in [4.78, 5) is 4.45. The number of hydrogen-bond donors (Lipinski definition) is 0. The Labute approximate surface area is 210 Å². The molecule has 0 atom stereocenters. The fourth-order valence-corrected chi connectivity index (χ4v) is 3.57. The van der Waals surface area contributed by atoms with Crippen LogP contribution in [0.2, 0.25) is 0 Å². The van der Waals surface area contributed by atoms with Gasteiger partial charge < -0.3 is 4.98 Å². The van der Waals surface area contributed by atoms with Crippen LogP contribution in [0.3, 0.4) is 0 Å². The molecule has 0 aliphatic carbocycles. The predicted octanol–water partition coefficient (Wildman–Crippen LogP) is 7.78. The first-order chi connectivity index (χ1) is 15.7. The molecular formula is C31H24IrN. The minimum absolute atomic E-state index is 0. The Hall–Kier alpha value is -3.32.